The van der Waals surface area contributed by atoms with Gasteiger partial charge in [-0.25, -0.2) is 8.42 Å². The fourth-order valence-corrected chi connectivity index (χ4v) is 2.04. The highest BCUT2D eigenvalue weighted by molar-refractivity contribution is 7.91. The number of carbonyl (C=O) groups excluding carboxylic acids is 1. The maximum atomic E-state index is 11.2. The van der Waals surface area contributed by atoms with Crippen LogP contribution in [-0.2, 0) is 14.6 Å². The maximum absolute atomic E-state index is 11.2. The number of carbonyl (C=O) groups is 1. The third-order valence-corrected chi connectivity index (χ3v) is 2.63. The highest BCUT2D eigenvalue weighted by Gasteiger charge is 2.13. The van der Waals surface area contributed by atoms with Crippen molar-refractivity contribution in [1.29, 1.82) is 0 Å². The van der Waals surface area contributed by atoms with Crippen molar-refractivity contribution in [2.75, 3.05) is 12.0 Å². The van der Waals surface area contributed by atoms with Crippen LogP contribution < -0.4 is 0 Å². The van der Waals surface area contributed by atoms with E-state index in [1.807, 2.05) is 6.92 Å². The monoisotopic (exact) mass is 206 g/mol. The summed E-state index contributed by atoms with van der Waals surface area (Å²) in [6.45, 7) is 4.03. The molecule has 0 rings (SSSR count). The predicted molar refractivity (Wildman–Crippen MR) is 53.4 cm³/mol. The van der Waals surface area contributed by atoms with E-state index >= 15 is 0 Å². The fourth-order valence-electron chi connectivity index (χ4n) is 1.33. The Morgan fingerprint density at radius 1 is 1.38 bits per heavy atom. The van der Waals surface area contributed by atoms with Crippen LogP contribution in [0.3, 0.4) is 0 Å². The van der Waals surface area contributed by atoms with Gasteiger partial charge in [0.15, 0.2) is 9.84 Å². The van der Waals surface area contributed by atoms with Crippen molar-refractivity contribution in [2.24, 2.45) is 5.92 Å². The molecule has 13 heavy (non-hydrogen) atoms. The Balaban J connectivity index is 3.88. The van der Waals surface area contributed by atoms with Gasteiger partial charge in [-0.3, -0.25) is 4.79 Å². The summed E-state index contributed by atoms with van der Waals surface area (Å²) in [5.41, 5.74) is 0. The van der Waals surface area contributed by atoms with Crippen LogP contribution in [0.25, 0.3) is 0 Å². The molecule has 0 radical (unpaired) electrons. The average Bonchev–Trinajstić information content (AvgIpc) is 1.81. The molecule has 1 atom stereocenters. The molecule has 0 heterocycles. The van der Waals surface area contributed by atoms with E-state index in [9.17, 15) is 13.2 Å². The van der Waals surface area contributed by atoms with Gasteiger partial charge in [0.25, 0.3) is 0 Å². The van der Waals surface area contributed by atoms with E-state index in [1.54, 1.807) is 0 Å². The first-order valence-corrected chi connectivity index (χ1v) is 6.60. The molecule has 0 spiro atoms. The lowest BCUT2D eigenvalue weighted by molar-refractivity contribution is -0.117. The number of ketones is 1. The summed E-state index contributed by atoms with van der Waals surface area (Å²) in [5, 5.41) is 0. The molecule has 0 aromatic heterocycles. The van der Waals surface area contributed by atoms with Gasteiger partial charge in [-0.15, -0.1) is 0 Å². The van der Waals surface area contributed by atoms with E-state index < -0.39 is 9.84 Å². The van der Waals surface area contributed by atoms with Gasteiger partial charge in [0.2, 0.25) is 0 Å². The fraction of sp³-hybridized carbons (Fsp3) is 0.889. The van der Waals surface area contributed by atoms with Crippen LogP contribution in [0.1, 0.15) is 33.1 Å². The van der Waals surface area contributed by atoms with E-state index in [-0.39, 0.29) is 11.5 Å². The molecule has 0 saturated heterocycles. The van der Waals surface area contributed by atoms with Crippen LogP contribution in [0.15, 0.2) is 0 Å². The molecule has 3 nitrogen and oxygen atoms in total. The Bertz CT molecular complexity index is 254. The molecule has 0 saturated carbocycles. The second kappa shape index (κ2) is 5.37. The van der Waals surface area contributed by atoms with Crippen molar-refractivity contribution >= 4 is 15.6 Å². The third-order valence-electron chi connectivity index (χ3n) is 1.78. The molecule has 1 unspecified atom stereocenters. The number of rotatable bonds is 6. The zero-order valence-electron chi connectivity index (χ0n) is 8.54. The van der Waals surface area contributed by atoms with Crippen molar-refractivity contribution in [3.63, 3.8) is 0 Å². The number of hydrogen-bond acceptors (Lipinski definition) is 3. The highest BCUT2D eigenvalue weighted by atomic mass is 32.2. The Morgan fingerprint density at radius 3 is 2.31 bits per heavy atom. The lowest BCUT2D eigenvalue weighted by atomic mass is 10.0. The minimum absolute atomic E-state index is 0.163. The van der Waals surface area contributed by atoms with Crippen LogP contribution in [0.5, 0.6) is 0 Å². The van der Waals surface area contributed by atoms with Gasteiger partial charge in [0, 0.05) is 12.7 Å². The quantitative estimate of drug-likeness (QED) is 0.660. The van der Waals surface area contributed by atoms with Crippen molar-refractivity contribution in [3.8, 4) is 0 Å². The summed E-state index contributed by atoms with van der Waals surface area (Å²) in [6, 6.07) is 0. The molecule has 0 bridgehead atoms. The minimum Gasteiger partial charge on any atom is -0.299 e. The second-order valence-electron chi connectivity index (χ2n) is 3.71. The van der Waals surface area contributed by atoms with E-state index in [4.69, 9.17) is 0 Å². The van der Waals surface area contributed by atoms with Crippen molar-refractivity contribution < 1.29 is 13.2 Å². The van der Waals surface area contributed by atoms with Gasteiger partial charge in [-0.1, -0.05) is 26.7 Å². The zero-order valence-corrected chi connectivity index (χ0v) is 9.36. The average molecular weight is 206 g/mol. The molecular weight excluding hydrogens is 188 g/mol. The molecule has 0 fully saturated rings. The first kappa shape index (κ1) is 12.6. The number of sulfone groups is 1. The van der Waals surface area contributed by atoms with Crippen molar-refractivity contribution in [3.05, 3.63) is 0 Å². The van der Waals surface area contributed by atoms with Gasteiger partial charge < -0.3 is 0 Å². The summed E-state index contributed by atoms with van der Waals surface area (Å²) in [7, 11) is -3.13. The molecule has 0 N–H and O–H groups in total. The predicted octanol–water partition coefficient (Wildman–Crippen LogP) is 1.43. The second-order valence-corrected chi connectivity index (χ2v) is 5.85. The minimum atomic E-state index is -3.13. The molecule has 0 amide bonds. The van der Waals surface area contributed by atoms with Gasteiger partial charge >= 0.3 is 0 Å². The summed E-state index contributed by atoms with van der Waals surface area (Å²) in [5.74, 6) is -0.163. The molecular formula is C9H18O3S. The van der Waals surface area contributed by atoms with Crippen LogP contribution in [0, 0.1) is 5.92 Å². The lowest BCUT2D eigenvalue weighted by Crippen LogP contribution is -2.16. The highest BCUT2D eigenvalue weighted by Crippen LogP contribution is 2.10. The Labute approximate surface area is 80.4 Å². The summed E-state index contributed by atoms with van der Waals surface area (Å²) >= 11 is 0. The molecule has 0 aromatic rings. The lowest BCUT2D eigenvalue weighted by Gasteiger charge is -2.07. The molecule has 0 aliphatic heterocycles. The summed E-state index contributed by atoms with van der Waals surface area (Å²) < 4.78 is 21.5. The Morgan fingerprint density at radius 2 is 1.92 bits per heavy atom. The molecule has 78 valence electrons. The topological polar surface area (TPSA) is 51.2 Å². The summed E-state index contributed by atoms with van der Waals surface area (Å²) in [6.07, 6.45) is 3.50. The summed E-state index contributed by atoms with van der Waals surface area (Å²) in [4.78, 5) is 11.2. The van der Waals surface area contributed by atoms with Crippen LogP contribution in [-0.4, -0.2) is 26.2 Å². The normalized spacial score (nSPS) is 14.1. The van der Waals surface area contributed by atoms with Crippen molar-refractivity contribution in [2.45, 2.75) is 33.1 Å². The van der Waals surface area contributed by atoms with E-state index in [1.165, 1.54) is 0 Å². The number of hydrogen-bond donors (Lipinski definition) is 0. The van der Waals surface area contributed by atoms with Crippen LogP contribution in [0.4, 0.5) is 0 Å². The molecule has 0 aliphatic carbocycles. The van der Waals surface area contributed by atoms with E-state index in [0.717, 1.165) is 19.1 Å². The van der Waals surface area contributed by atoms with Crippen molar-refractivity contribution in [1.82, 2.24) is 0 Å². The van der Waals surface area contributed by atoms with Gasteiger partial charge in [0.1, 0.15) is 11.5 Å². The van der Waals surface area contributed by atoms with Crippen LogP contribution >= 0.6 is 0 Å². The standard InChI is InChI=1S/C9H18O3S/c1-4-5-8(2)6-9(10)7-13(3,11)12/h8H,4-7H2,1-3H3. The van der Waals surface area contributed by atoms with E-state index in [0.29, 0.717) is 12.3 Å². The Hall–Kier alpha value is -0.380. The van der Waals surface area contributed by atoms with Gasteiger partial charge in [0.05, 0.1) is 0 Å². The zero-order chi connectivity index (χ0) is 10.5. The molecule has 4 heteroatoms. The number of Topliss-reactive ketones (excluding diaryl/α,β-unsaturated/α-hetero) is 1. The SMILES string of the molecule is CCCC(C)CC(=O)CS(C)(=O)=O. The molecule has 0 aromatic carbocycles. The third kappa shape index (κ3) is 7.96. The molecule has 0 aliphatic rings. The first-order chi connectivity index (χ1) is 5.85. The van der Waals surface area contributed by atoms with E-state index in [2.05, 4.69) is 6.92 Å². The smallest absolute Gasteiger partial charge is 0.154 e. The Kier molecular flexibility index (Phi) is 5.21. The first-order valence-electron chi connectivity index (χ1n) is 4.54. The van der Waals surface area contributed by atoms with Gasteiger partial charge in [-0.2, -0.15) is 0 Å². The largest absolute Gasteiger partial charge is 0.299 e. The maximum Gasteiger partial charge on any atom is 0.154 e. The van der Waals surface area contributed by atoms with Crippen LogP contribution in [0.2, 0.25) is 0 Å². The van der Waals surface area contributed by atoms with Gasteiger partial charge in [-0.05, 0) is 5.92 Å².